The quantitative estimate of drug-likeness (QED) is 0.0701. The molecule has 0 radical (unpaired) electrons. The van der Waals surface area contributed by atoms with Gasteiger partial charge < -0.3 is 25.1 Å². The largest absolute Gasteiger partial charge is 0.508 e. The number of aromatic nitrogens is 3. The number of nitro benzene ring substituents is 2. The molecule has 0 aliphatic rings. The minimum Gasteiger partial charge on any atom is -0.508 e. The number of nitrogens with zero attached hydrogens (tertiary/aromatic N) is 5. The number of anilines is 3. The molecular formula is C42H54Cl2I2N8O10. The summed E-state index contributed by atoms with van der Waals surface area (Å²) in [4.78, 5) is 54.2. The first-order chi connectivity index (χ1) is 29.4. The summed E-state index contributed by atoms with van der Waals surface area (Å²) in [5.74, 6) is 2.26. The number of halogens is 4. The van der Waals surface area contributed by atoms with Crippen LogP contribution in [0.25, 0.3) is 0 Å². The number of carbonyl (C=O) groups is 2. The van der Waals surface area contributed by atoms with Gasteiger partial charge in [-0.25, -0.2) is 24.5 Å². The molecule has 0 bridgehead atoms. The summed E-state index contributed by atoms with van der Waals surface area (Å²) in [6.45, 7) is 18.8. The van der Waals surface area contributed by atoms with Gasteiger partial charge in [-0.15, -0.1) is 0 Å². The van der Waals surface area contributed by atoms with E-state index in [-0.39, 0.29) is 24.6 Å². The fraction of sp³-hybridized carbons (Fsp3) is 0.310. The molecule has 5 aromatic rings. The highest BCUT2D eigenvalue weighted by Crippen LogP contribution is 2.30. The van der Waals surface area contributed by atoms with Gasteiger partial charge in [0.1, 0.15) is 45.9 Å². The van der Waals surface area contributed by atoms with Gasteiger partial charge in [-0.05, 0) is 129 Å². The maximum atomic E-state index is 11.5. The molecule has 5 N–H and O–H groups in total. The van der Waals surface area contributed by atoms with Gasteiger partial charge in [0, 0.05) is 53.9 Å². The van der Waals surface area contributed by atoms with Crippen LogP contribution in [0.15, 0.2) is 91.4 Å². The van der Waals surface area contributed by atoms with Crippen LogP contribution >= 0.6 is 68.4 Å². The third-order valence-electron chi connectivity index (χ3n) is 6.03. The van der Waals surface area contributed by atoms with Crippen LogP contribution in [0.3, 0.4) is 0 Å². The number of non-ortho nitro benzene ring substituents is 2. The number of benzene rings is 2. The average Bonchev–Trinajstić information content (AvgIpc) is 3.20. The second-order valence-corrected chi connectivity index (χ2v) is 16.2. The Bertz CT molecular complexity index is 2210. The van der Waals surface area contributed by atoms with Crippen LogP contribution in [-0.2, 0) is 9.47 Å². The minimum absolute atomic E-state index is 0. The highest BCUT2D eigenvalue weighted by molar-refractivity contribution is 14.1. The van der Waals surface area contributed by atoms with Crippen LogP contribution < -0.4 is 21.1 Å². The van der Waals surface area contributed by atoms with Crippen molar-refractivity contribution in [3.05, 3.63) is 129 Å². The Labute approximate surface area is 410 Å². The lowest BCUT2D eigenvalue weighted by Crippen LogP contribution is -2.27. The summed E-state index contributed by atoms with van der Waals surface area (Å²) >= 11 is 15.7. The second kappa shape index (κ2) is 30.7. The van der Waals surface area contributed by atoms with E-state index in [1.807, 2.05) is 72.9 Å². The maximum Gasteiger partial charge on any atom is 0.413 e. The second-order valence-electron chi connectivity index (χ2n) is 13.2. The van der Waals surface area contributed by atoms with E-state index in [1.165, 1.54) is 67.1 Å². The topological polar surface area (TPSA) is 257 Å². The fourth-order valence-electron chi connectivity index (χ4n) is 3.65. The minimum atomic E-state index is -0.544. The van der Waals surface area contributed by atoms with Crippen LogP contribution in [0.5, 0.6) is 17.2 Å². The van der Waals surface area contributed by atoms with Crippen molar-refractivity contribution in [3.8, 4) is 17.2 Å². The Morgan fingerprint density at radius 3 is 1.62 bits per heavy atom. The number of aromatic hydroxyl groups is 1. The molecule has 3 heterocycles. The van der Waals surface area contributed by atoms with Gasteiger partial charge in [-0.1, -0.05) is 58.3 Å². The van der Waals surface area contributed by atoms with E-state index in [4.69, 9.17) is 48.3 Å². The van der Waals surface area contributed by atoms with Crippen molar-refractivity contribution in [3.63, 3.8) is 0 Å². The number of rotatable bonds is 6. The molecule has 3 aromatic heterocycles. The highest BCUT2D eigenvalue weighted by Gasteiger charge is 2.18. The van der Waals surface area contributed by atoms with Crippen LogP contribution in [0.4, 0.5) is 38.4 Å². The smallest absolute Gasteiger partial charge is 0.413 e. The summed E-state index contributed by atoms with van der Waals surface area (Å²) < 4.78 is 17.1. The summed E-state index contributed by atoms with van der Waals surface area (Å²) in [7, 11) is 0. The number of ether oxygens (including phenoxy) is 3. The predicted molar refractivity (Wildman–Crippen MR) is 270 cm³/mol. The average molecular weight is 1160 g/mol. The zero-order chi connectivity index (χ0) is 48.5. The Balaban J connectivity index is 0. The van der Waals surface area contributed by atoms with Gasteiger partial charge in [0.2, 0.25) is 0 Å². The number of hydrogen-bond acceptors (Lipinski definition) is 14. The lowest BCUT2D eigenvalue weighted by molar-refractivity contribution is -0.385. The summed E-state index contributed by atoms with van der Waals surface area (Å²) in [5.41, 5.74) is 4.60. The monoisotopic (exact) mass is 1150 g/mol. The molecule has 0 aliphatic carbocycles. The molecule has 2 aromatic carbocycles. The number of amides is 2. The summed E-state index contributed by atoms with van der Waals surface area (Å²) in [6, 6.07) is 17.4. The van der Waals surface area contributed by atoms with Gasteiger partial charge >= 0.3 is 12.2 Å². The number of hydrogen-bond donors (Lipinski definition) is 4. The lowest BCUT2D eigenvalue weighted by atomic mass is 10.2. The number of nitrogens with one attached hydrogen (secondary N) is 2. The molecule has 64 heavy (non-hydrogen) atoms. The van der Waals surface area contributed by atoms with Crippen molar-refractivity contribution < 1.29 is 38.8 Å². The van der Waals surface area contributed by atoms with E-state index in [0.29, 0.717) is 46.1 Å². The van der Waals surface area contributed by atoms with Crippen LogP contribution in [0.2, 0.25) is 10.0 Å². The number of phenolic OH excluding ortho intramolecular Hbond substituents is 1. The van der Waals surface area contributed by atoms with Gasteiger partial charge in [0.05, 0.1) is 22.0 Å². The molecule has 0 unspecified atom stereocenters. The third kappa shape index (κ3) is 25.7. The van der Waals surface area contributed by atoms with E-state index in [0.717, 1.165) is 0 Å². The van der Waals surface area contributed by atoms with Crippen molar-refractivity contribution in [1.29, 1.82) is 0 Å². The Morgan fingerprint density at radius 1 is 0.703 bits per heavy atom. The van der Waals surface area contributed by atoms with Crippen LogP contribution in [0.1, 0.15) is 76.7 Å². The Morgan fingerprint density at radius 2 is 1.16 bits per heavy atom. The van der Waals surface area contributed by atoms with E-state index >= 15 is 0 Å². The van der Waals surface area contributed by atoms with Crippen LogP contribution in [0, 0.1) is 27.4 Å². The first-order valence-electron chi connectivity index (χ1n) is 18.6. The Kier molecular flexibility index (Phi) is 29.1. The van der Waals surface area contributed by atoms with E-state index in [9.17, 15) is 29.8 Å². The van der Waals surface area contributed by atoms with Crippen molar-refractivity contribution >= 4 is 109 Å². The van der Waals surface area contributed by atoms with Crippen molar-refractivity contribution in [2.75, 3.05) is 16.4 Å². The molecule has 5 rings (SSSR count). The number of nitrogens with two attached hydrogens (primary N) is 1. The van der Waals surface area contributed by atoms with Crippen LogP contribution in [-0.4, -0.2) is 53.3 Å². The summed E-state index contributed by atoms with van der Waals surface area (Å²) in [6.07, 6.45) is 3.49. The summed E-state index contributed by atoms with van der Waals surface area (Å²) in [5, 5.41) is 35.3. The SMILES string of the molecule is C.CC.CC.CC(C)(C)OC(=O)Nc1cc(Cl)ccn1.CC(C)(C)OC(=O)Nc1nccc(Cl)c1I.Nc1nccc(Oc2ccc([N+](=O)[O-])cc2)c1I.O=[N+]([O-])c1ccc(O)cc1. The zero-order valence-electron chi connectivity index (χ0n) is 36.1. The first kappa shape index (κ1) is 60.8. The normalized spacial score (nSPS) is 9.78. The number of pyridine rings is 3. The van der Waals surface area contributed by atoms with Gasteiger partial charge in [-0.2, -0.15) is 0 Å². The molecule has 22 heteroatoms. The zero-order valence-corrected chi connectivity index (χ0v) is 41.9. The molecule has 0 fully saturated rings. The van der Waals surface area contributed by atoms with E-state index < -0.39 is 33.2 Å². The Hall–Kier alpha value is -5.33. The number of nitrogen functional groups attached to an aromatic ring is 1. The maximum absolute atomic E-state index is 11.5. The van der Waals surface area contributed by atoms with E-state index in [2.05, 4.69) is 25.6 Å². The molecule has 0 saturated carbocycles. The third-order valence-corrected chi connectivity index (χ3v) is 9.07. The number of phenols is 1. The molecule has 0 atom stereocenters. The van der Waals surface area contributed by atoms with Gasteiger partial charge in [0.25, 0.3) is 11.4 Å². The predicted octanol–water partition coefficient (Wildman–Crippen LogP) is 13.7. The molecule has 0 aliphatic heterocycles. The standard InChI is InChI=1S/C11H8IN3O3.C10H12ClIN2O2.C10H13ClN2O2.C6H5NO3.2C2H6.CH4/c12-10-9(5-6-14-11(10)13)18-8-3-1-7(2-4-8)15(16)17;1-10(2,3)16-9(15)14-8-7(12)6(11)4-5-13-8;1-10(2,3)15-9(14)13-8-6-7(11)4-5-12-8;8-6-3-1-5(2-4-6)7(9)10;2*1-2;/h1-6H,(H2,13,14);4-5H,1-3H3,(H,13,14,15);4-6H,1-3H3,(H,12,13,14);1-4,8H;2*1-2H3;1H4. The lowest BCUT2D eigenvalue weighted by Gasteiger charge is -2.19. The van der Waals surface area contributed by atoms with E-state index in [1.54, 1.807) is 65.8 Å². The highest BCUT2D eigenvalue weighted by atomic mass is 127. The first-order valence-corrected chi connectivity index (χ1v) is 21.5. The molecule has 18 nitrogen and oxygen atoms in total. The number of carbonyl (C=O) groups excluding carboxylic acids is 2. The molecule has 0 spiro atoms. The molecule has 2 amide bonds. The molecule has 350 valence electrons. The molecule has 0 saturated heterocycles. The van der Waals surface area contributed by atoms with Crippen molar-refractivity contribution in [2.24, 2.45) is 0 Å². The van der Waals surface area contributed by atoms with Gasteiger partial charge in [0.15, 0.2) is 0 Å². The van der Waals surface area contributed by atoms with Gasteiger partial charge in [-0.3, -0.25) is 30.9 Å². The number of nitro groups is 2. The van der Waals surface area contributed by atoms with Crippen molar-refractivity contribution in [1.82, 2.24) is 15.0 Å². The fourth-order valence-corrected chi connectivity index (χ4v) is 4.83. The van der Waals surface area contributed by atoms with Crippen molar-refractivity contribution in [2.45, 2.75) is 87.9 Å². The molecular weight excluding hydrogens is 1100 g/mol.